The van der Waals surface area contributed by atoms with E-state index in [0.29, 0.717) is 31.8 Å². The van der Waals surface area contributed by atoms with E-state index in [1.54, 1.807) is 6.07 Å². The van der Waals surface area contributed by atoms with Gasteiger partial charge >= 0.3 is 6.61 Å². The van der Waals surface area contributed by atoms with Crippen molar-refractivity contribution >= 4 is 24.2 Å². The summed E-state index contributed by atoms with van der Waals surface area (Å²) < 4.78 is 29.5. The molecule has 0 aliphatic carbocycles. The van der Waals surface area contributed by atoms with Gasteiger partial charge in [0, 0.05) is 32.1 Å². The van der Waals surface area contributed by atoms with Crippen LogP contribution in [0, 0.1) is 5.92 Å². The first-order valence-corrected chi connectivity index (χ1v) is 8.39. The lowest BCUT2D eigenvalue weighted by Crippen LogP contribution is -2.52. The number of ether oxygens (including phenoxy) is 1. The molecule has 2 aliphatic heterocycles. The number of hydrogen-bond donors (Lipinski definition) is 2. The molecule has 3 rings (SSSR count). The highest BCUT2D eigenvalue weighted by Crippen LogP contribution is 2.26. The molecule has 2 heterocycles. The predicted octanol–water partition coefficient (Wildman–Crippen LogP) is 1.65. The number of para-hydroxylation sites is 1. The number of halogens is 3. The maximum atomic E-state index is 12.8. The number of amides is 2. The zero-order valence-electron chi connectivity index (χ0n) is 14.1. The quantitative estimate of drug-likeness (QED) is 0.776. The SMILES string of the molecule is Cl.O=C(NCC1CNC1)C1CCCN1C(=O)c1ccccc1OC(F)F. The number of nitrogens with zero attached hydrogens (tertiary/aromatic N) is 1. The van der Waals surface area contributed by atoms with E-state index in [-0.39, 0.29) is 29.6 Å². The molecule has 1 unspecified atom stereocenters. The Morgan fingerprint density at radius 3 is 2.69 bits per heavy atom. The first kappa shape index (κ1) is 20.4. The van der Waals surface area contributed by atoms with Crippen molar-refractivity contribution in [2.24, 2.45) is 5.92 Å². The minimum atomic E-state index is -3.01. The van der Waals surface area contributed by atoms with E-state index in [0.717, 1.165) is 13.1 Å². The van der Waals surface area contributed by atoms with Crippen LogP contribution in [0.5, 0.6) is 5.75 Å². The Balaban J connectivity index is 0.00000243. The maximum Gasteiger partial charge on any atom is 0.387 e. The molecule has 1 aromatic carbocycles. The molecule has 2 saturated heterocycles. The van der Waals surface area contributed by atoms with Gasteiger partial charge in [-0.1, -0.05) is 12.1 Å². The second-order valence-electron chi connectivity index (χ2n) is 6.30. The highest BCUT2D eigenvalue weighted by molar-refractivity contribution is 6.00. The van der Waals surface area contributed by atoms with Crippen LogP contribution in [0.1, 0.15) is 23.2 Å². The van der Waals surface area contributed by atoms with Gasteiger partial charge in [0.2, 0.25) is 5.91 Å². The predicted molar refractivity (Wildman–Crippen MR) is 93.7 cm³/mol. The van der Waals surface area contributed by atoms with E-state index in [2.05, 4.69) is 15.4 Å². The van der Waals surface area contributed by atoms with E-state index in [4.69, 9.17) is 0 Å². The summed E-state index contributed by atoms with van der Waals surface area (Å²) in [7, 11) is 0. The van der Waals surface area contributed by atoms with Crippen LogP contribution in [0.4, 0.5) is 8.78 Å². The minimum absolute atomic E-state index is 0. The Morgan fingerprint density at radius 1 is 1.31 bits per heavy atom. The number of carbonyl (C=O) groups is 2. The van der Waals surface area contributed by atoms with Crippen LogP contribution in [0.15, 0.2) is 24.3 Å². The van der Waals surface area contributed by atoms with Gasteiger partial charge in [0.1, 0.15) is 11.8 Å². The van der Waals surface area contributed by atoms with Crippen LogP contribution >= 0.6 is 12.4 Å². The van der Waals surface area contributed by atoms with Gasteiger partial charge in [-0.25, -0.2) is 0 Å². The molecular weight excluding hydrogens is 368 g/mol. The zero-order valence-corrected chi connectivity index (χ0v) is 14.9. The Morgan fingerprint density at radius 2 is 2.04 bits per heavy atom. The Labute approximate surface area is 156 Å². The fourth-order valence-corrected chi connectivity index (χ4v) is 3.13. The maximum absolute atomic E-state index is 12.8. The molecule has 1 atom stereocenters. The van der Waals surface area contributed by atoms with Crippen molar-refractivity contribution < 1.29 is 23.1 Å². The van der Waals surface area contributed by atoms with Crippen molar-refractivity contribution in [3.8, 4) is 5.75 Å². The standard InChI is InChI=1S/C17H21F2N3O3.ClH/c18-17(19)25-14-6-2-1-4-12(14)16(24)22-7-3-5-13(22)15(23)21-10-11-8-20-9-11;/h1-2,4,6,11,13,17,20H,3,5,7-10H2,(H,21,23);1H. The van der Waals surface area contributed by atoms with Gasteiger partial charge < -0.3 is 20.3 Å². The van der Waals surface area contributed by atoms with Crippen LogP contribution in [0.3, 0.4) is 0 Å². The third-order valence-electron chi connectivity index (χ3n) is 4.58. The summed E-state index contributed by atoms with van der Waals surface area (Å²) in [6.07, 6.45) is 1.27. The molecule has 0 saturated carbocycles. The van der Waals surface area contributed by atoms with Crippen LogP contribution in [0.25, 0.3) is 0 Å². The molecule has 2 amide bonds. The van der Waals surface area contributed by atoms with Gasteiger partial charge in [0.25, 0.3) is 5.91 Å². The summed E-state index contributed by atoms with van der Waals surface area (Å²) in [4.78, 5) is 26.6. The Hall–Kier alpha value is -1.93. The summed E-state index contributed by atoms with van der Waals surface area (Å²) in [6, 6.07) is 5.30. The zero-order chi connectivity index (χ0) is 17.8. The van der Waals surface area contributed by atoms with E-state index >= 15 is 0 Å². The van der Waals surface area contributed by atoms with Gasteiger partial charge in [0.05, 0.1) is 5.56 Å². The molecule has 6 nitrogen and oxygen atoms in total. The topological polar surface area (TPSA) is 70.7 Å². The van der Waals surface area contributed by atoms with E-state index in [9.17, 15) is 18.4 Å². The van der Waals surface area contributed by atoms with Crippen LogP contribution < -0.4 is 15.4 Å². The third kappa shape index (κ3) is 4.62. The first-order chi connectivity index (χ1) is 12.1. The van der Waals surface area contributed by atoms with Crippen molar-refractivity contribution in [2.75, 3.05) is 26.2 Å². The second kappa shape index (κ2) is 9.14. The molecule has 26 heavy (non-hydrogen) atoms. The van der Waals surface area contributed by atoms with Gasteiger partial charge in [-0.3, -0.25) is 9.59 Å². The minimum Gasteiger partial charge on any atom is -0.434 e. The molecular formula is C17H22ClF2N3O3. The van der Waals surface area contributed by atoms with E-state index < -0.39 is 18.6 Å². The third-order valence-corrected chi connectivity index (χ3v) is 4.58. The first-order valence-electron chi connectivity index (χ1n) is 8.39. The fraction of sp³-hybridized carbons (Fsp3) is 0.529. The van der Waals surface area contributed by atoms with Gasteiger partial charge in [0.15, 0.2) is 0 Å². The molecule has 9 heteroatoms. The lowest BCUT2D eigenvalue weighted by Gasteiger charge is -2.29. The second-order valence-corrected chi connectivity index (χ2v) is 6.30. The van der Waals surface area contributed by atoms with Crippen molar-refractivity contribution in [3.63, 3.8) is 0 Å². The van der Waals surface area contributed by atoms with Gasteiger partial charge in [-0.05, 0) is 25.0 Å². The van der Waals surface area contributed by atoms with Gasteiger partial charge in [-0.2, -0.15) is 8.78 Å². The number of hydrogen-bond acceptors (Lipinski definition) is 4. The van der Waals surface area contributed by atoms with Crippen molar-refractivity contribution in [2.45, 2.75) is 25.5 Å². The van der Waals surface area contributed by atoms with Crippen LogP contribution in [-0.4, -0.2) is 55.5 Å². The normalized spacial score (nSPS) is 19.7. The molecule has 0 bridgehead atoms. The molecule has 144 valence electrons. The molecule has 2 N–H and O–H groups in total. The average molecular weight is 390 g/mol. The number of benzene rings is 1. The van der Waals surface area contributed by atoms with Crippen LogP contribution in [0.2, 0.25) is 0 Å². The monoisotopic (exact) mass is 389 g/mol. The summed E-state index contributed by atoms with van der Waals surface area (Å²) in [5.74, 6) is -0.395. The smallest absolute Gasteiger partial charge is 0.387 e. The molecule has 2 fully saturated rings. The Kier molecular flexibility index (Phi) is 7.16. The van der Waals surface area contributed by atoms with E-state index in [1.165, 1.54) is 23.1 Å². The highest BCUT2D eigenvalue weighted by Gasteiger charge is 2.36. The molecule has 0 aromatic heterocycles. The fourth-order valence-electron chi connectivity index (χ4n) is 3.13. The van der Waals surface area contributed by atoms with Crippen molar-refractivity contribution in [1.29, 1.82) is 0 Å². The number of likely N-dealkylation sites (tertiary alicyclic amines) is 1. The molecule has 0 radical (unpaired) electrons. The van der Waals surface area contributed by atoms with Crippen molar-refractivity contribution in [1.82, 2.24) is 15.5 Å². The largest absolute Gasteiger partial charge is 0.434 e. The number of carbonyl (C=O) groups excluding carboxylic acids is 2. The number of alkyl halides is 2. The Bertz CT molecular complexity index is 643. The molecule has 0 spiro atoms. The van der Waals surface area contributed by atoms with Crippen LogP contribution in [-0.2, 0) is 4.79 Å². The summed E-state index contributed by atoms with van der Waals surface area (Å²) in [5, 5.41) is 6.02. The molecule has 2 aliphatic rings. The highest BCUT2D eigenvalue weighted by atomic mass is 35.5. The average Bonchev–Trinajstić information content (AvgIpc) is 3.02. The van der Waals surface area contributed by atoms with Gasteiger partial charge in [-0.15, -0.1) is 12.4 Å². The summed E-state index contributed by atoms with van der Waals surface area (Å²) in [6.45, 7) is -0.249. The number of rotatable bonds is 6. The summed E-state index contributed by atoms with van der Waals surface area (Å²) >= 11 is 0. The lowest BCUT2D eigenvalue weighted by atomic mass is 10.0. The molecule has 1 aromatic rings. The van der Waals surface area contributed by atoms with Crippen molar-refractivity contribution in [3.05, 3.63) is 29.8 Å². The van der Waals surface area contributed by atoms with E-state index in [1.807, 2.05) is 0 Å². The lowest BCUT2D eigenvalue weighted by molar-refractivity contribution is -0.125. The summed E-state index contributed by atoms with van der Waals surface area (Å²) in [5.41, 5.74) is 0.0469. The number of nitrogens with one attached hydrogen (secondary N) is 2.